The van der Waals surface area contributed by atoms with Gasteiger partial charge in [0.05, 0.1) is 12.1 Å². The Morgan fingerprint density at radius 2 is 2.09 bits per heavy atom. The Hall–Kier alpha value is -1.60. The van der Waals surface area contributed by atoms with E-state index in [4.69, 9.17) is 9.47 Å². The molecule has 1 saturated heterocycles. The van der Waals surface area contributed by atoms with Crippen molar-refractivity contribution in [3.8, 4) is 0 Å². The van der Waals surface area contributed by atoms with Gasteiger partial charge in [0.1, 0.15) is 5.60 Å². The fourth-order valence-electron chi connectivity index (χ4n) is 3.41. The van der Waals surface area contributed by atoms with Crippen LogP contribution >= 0.6 is 0 Å². The van der Waals surface area contributed by atoms with E-state index < -0.39 is 29.0 Å². The molecule has 3 unspecified atom stereocenters. The van der Waals surface area contributed by atoms with Crippen molar-refractivity contribution < 1.29 is 27.4 Å². The van der Waals surface area contributed by atoms with Gasteiger partial charge in [-0.3, -0.25) is 4.79 Å². The molecule has 4 nitrogen and oxygen atoms in total. The third kappa shape index (κ3) is 2.72. The van der Waals surface area contributed by atoms with Gasteiger partial charge in [0, 0.05) is 18.8 Å². The highest BCUT2D eigenvalue weighted by molar-refractivity contribution is 5.94. The molecule has 23 heavy (non-hydrogen) atoms. The monoisotopic (exact) mass is 329 g/mol. The normalized spacial score (nSPS) is 29.6. The molecule has 1 aliphatic carbocycles. The van der Waals surface area contributed by atoms with E-state index >= 15 is 0 Å². The lowest BCUT2D eigenvalue weighted by atomic mass is 9.70. The minimum absolute atomic E-state index is 0.0954. The minimum atomic E-state index is -1.59. The van der Waals surface area contributed by atoms with Crippen molar-refractivity contribution in [2.24, 2.45) is 0 Å². The number of benzene rings is 1. The van der Waals surface area contributed by atoms with Crippen molar-refractivity contribution >= 4 is 5.91 Å². The Bertz CT molecular complexity index is 594. The predicted octanol–water partition coefficient (Wildman–Crippen LogP) is 2.56. The molecule has 1 aromatic carbocycles. The van der Waals surface area contributed by atoms with Crippen LogP contribution in [0.15, 0.2) is 12.1 Å². The van der Waals surface area contributed by atoms with E-state index in [1.165, 1.54) is 0 Å². The quantitative estimate of drug-likeness (QED) is 0.864. The van der Waals surface area contributed by atoms with Gasteiger partial charge in [-0.25, -0.2) is 13.2 Å². The van der Waals surface area contributed by atoms with Gasteiger partial charge in [-0.15, -0.1) is 0 Å². The number of carbonyl (C=O) groups excluding carboxylic acids is 1. The zero-order valence-corrected chi connectivity index (χ0v) is 12.7. The second-order valence-corrected chi connectivity index (χ2v) is 5.87. The highest BCUT2D eigenvalue weighted by Crippen LogP contribution is 2.45. The summed E-state index contributed by atoms with van der Waals surface area (Å²) in [5.41, 5.74) is -0.822. The summed E-state index contributed by atoms with van der Waals surface area (Å²) in [6, 6.07) is 1.09. The highest BCUT2D eigenvalue weighted by atomic mass is 19.2. The molecule has 1 spiro atoms. The zero-order chi connectivity index (χ0) is 16.6. The Balaban J connectivity index is 1.73. The Kier molecular flexibility index (Phi) is 4.33. The molecule has 0 radical (unpaired) electrons. The molecule has 2 fully saturated rings. The number of carbonyl (C=O) groups is 1. The van der Waals surface area contributed by atoms with Gasteiger partial charge in [-0.05, 0) is 38.3 Å². The van der Waals surface area contributed by atoms with Crippen LogP contribution in [-0.4, -0.2) is 36.9 Å². The van der Waals surface area contributed by atoms with Gasteiger partial charge in [-0.2, -0.15) is 0 Å². The molecule has 126 valence electrons. The molecule has 1 saturated carbocycles. The summed E-state index contributed by atoms with van der Waals surface area (Å²) in [6.07, 6.45) is 2.11. The average molecular weight is 329 g/mol. The molecule has 2 aliphatic rings. The molecule has 1 aliphatic heterocycles. The second kappa shape index (κ2) is 6.13. The third-order valence-electron chi connectivity index (χ3n) is 4.59. The van der Waals surface area contributed by atoms with Crippen LogP contribution in [0.1, 0.15) is 36.5 Å². The standard InChI is InChI=1S/C16H18F3NO3/c1-2-22-13-8-12(16(13)4-3-5-23-16)20-15(21)9-6-10(17)14(19)11(18)7-9/h6-7,12-13H,2-5,8H2,1H3,(H,20,21). The Morgan fingerprint density at radius 3 is 2.65 bits per heavy atom. The van der Waals surface area contributed by atoms with Gasteiger partial charge in [-0.1, -0.05) is 0 Å². The van der Waals surface area contributed by atoms with Crippen LogP contribution in [0, 0.1) is 17.5 Å². The van der Waals surface area contributed by atoms with E-state index in [1.807, 2.05) is 6.92 Å². The van der Waals surface area contributed by atoms with Crippen molar-refractivity contribution in [2.45, 2.75) is 43.9 Å². The van der Waals surface area contributed by atoms with Gasteiger partial charge < -0.3 is 14.8 Å². The number of halogens is 3. The van der Waals surface area contributed by atoms with E-state index in [9.17, 15) is 18.0 Å². The molecule has 0 bridgehead atoms. The van der Waals surface area contributed by atoms with Crippen molar-refractivity contribution in [2.75, 3.05) is 13.2 Å². The topological polar surface area (TPSA) is 47.6 Å². The van der Waals surface area contributed by atoms with E-state index in [0.29, 0.717) is 31.8 Å². The molecule has 1 heterocycles. The molecule has 3 atom stereocenters. The Labute approximate surface area is 132 Å². The van der Waals surface area contributed by atoms with E-state index in [0.717, 1.165) is 12.8 Å². The van der Waals surface area contributed by atoms with Crippen molar-refractivity contribution in [1.29, 1.82) is 0 Å². The predicted molar refractivity (Wildman–Crippen MR) is 75.5 cm³/mol. The van der Waals surface area contributed by atoms with Crippen molar-refractivity contribution in [3.63, 3.8) is 0 Å². The van der Waals surface area contributed by atoms with Crippen LogP contribution in [0.25, 0.3) is 0 Å². The molecule has 7 heteroatoms. The lowest BCUT2D eigenvalue weighted by Gasteiger charge is -2.52. The summed E-state index contributed by atoms with van der Waals surface area (Å²) >= 11 is 0. The number of hydrogen-bond acceptors (Lipinski definition) is 3. The number of ether oxygens (including phenoxy) is 2. The summed E-state index contributed by atoms with van der Waals surface area (Å²) in [5.74, 6) is -5.01. The maximum Gasteiger partial charge on any atom is 0.251 e. The van der Waals surface area contributed by atoms with Gasteiger partial charge in [0.15, 0.2) is 17.5 Å². The van der Waals surface area contributed by atoms with Gasteiger partial charge >= 0.3 is 0 Å². The Morgan fingerprint density at radius 1 is 1.39 bits per heavy atom. The fraction of sp³-hybridized carbons (Fsp3) is 0.562. The molecule has 3 rings (SSSR count). The lowest BCUT2D eigenvalue weighted by molar-refractivity contribution is -0.194. The van der Waals surface area contributed by atoms with E-state index in [-0.39, 0.29) is 17.7 Å². The minimum Gasteiger partial charge on any atom is -0.375 e. The smallest absolute Gasteiger partial charge is 0.251 e. The molecule has 0 aromatic heterocycles. The first-order chi connectivity index (χ1) is 11.0. The van der Waals surface area contributed by atoms with E-state index in [1.54, 1.807) is 0 Å². The van der Waals surface area contributed by atoms with Crippen LogP contribution in [-0.2, 0) is 9.47 Å². The van der Waals surface area contributed by atoms with Crippen molar-refractivity contribution in [3.05, 3.63) is 35.1 Å². The largest absolute Gasteiger partial charge is 0.375 e. The molecule has 1 aromatic rings. The second-order valence-electron chi connectivity index (χ2n) is 5.87. The molecular formula is C16H18F3NO3. The van der Waals surface area contributed by atoms with E-state index in [2.05, 4.69) is 5.32 Å². The lowest BCUT2D eigenvalue weighted by Crippen LogP contribution is -2.69. The number of amides is 1. The van der Waals surface area contributed by atoms with Crippen LogP contribution in [0.3, 0.4) is 0 Å². The van der Waals surface area contributed by atoms with Gasteiger partial charge in [0.2, 0.25) is 0 Å². The molecular weight excluding hydrogens is 311 g/mol. The summed E-state index contributed by atoms with van der Waals surface area (Å²) in [5, 5.41) is 2.73. The first kappa shape index (κ1) is 16.3. The van der Waals surface area contributed by atoms with Crippen LogP contribution in [0.5, 0.6) is 0 Å². The van der Waals surface area contributed by atoms with Crippen LogP contribution < -0.4 is 5.32 Å². The first-order valence-corrected chi connectivity index (χ1v) is 7.69. The summed E-state index contributed by atoms with van der Waals surface area (Å²) < 4.78 is 50.9. The fourth-order valence-corrected chi connectivity index (χ4v) is 3.41. The van der Waals surface area contributed by atoms with Gasteiger partial charge in [0.25, 0.3) is 5.91 Å². The van der Waals surface area contributed by atoms with Crippen molar-refractivity contribution in [1.82, 2.24) is 5.32 Å². The zero-order valence-electron chi connectivity index (χ0n) is 12.7. The number of nitrogens with one attached hydrogen (secondary N) is 1. The maximum absolute atomic E-state index is 13.3. The highest BCUT2D eigenvalue weighted by Gasteiger charge is 2.59. The maximum atomic E-state index is 13.3. The summed E-state index contributed by atoms with van der Waals surface area (Å²) in [7, 11) is 0. The average Bonchev–Trinajstić information content (AvgIpc) is 3.03. The molecule has 1 amide bonds. The summed E-state index contributed by atoms with van der Waals surface area (Å²) in [4.78, 5) is 12.2. The first-order valence-electron chi connectivity index (χ1n) is 7.69. The summed E-state index contributed by atoms with van der Waals surface area (Å²) in [6.45, 7) is 3.03. The number of rotatable bonds is 4. The van der Waals surface area contributed by atoms with Crippen LogP contribution in [0.4, 0.5) is 13.2 Å². The third-order valence-corrected chi connectivity index (χ3v) is 4.59. The SMILES string of the molecule is CCOC1CC(NC(=O)c2cc(F)c(F)c(F)c2)C12CCCO2. The number of hydrogen-bond donors (Lipinski definition) is 1. The molecule has 1 N–H and O–H groups in total. The van der Waals surface area contributed by atoms with Crippen LogP contribution in [0.2, 0.25) is 0 Å².